The second-order valence-corrected chi connectivity index (χ2v) is 6.23. The highest BCUT2D eigenvalue weighted by atomic mass is 32.2. The summed E-state index contributed by atoms with van der Waals surface area (Å²) in [5, 5.41) is 8.67. The quantitative estimate of drug-likeness (QED) is 0.705. The molecule has 5 nitrogen and oxygen atoms in total. The molecule has 0 aliphatic heterocycles. The molecule has 0 bridgehead atoms. The Morgan fingerprint density at radius 1 is 1.25 bits per heavy atom. The first-order valence-corrected chi connectivity index (χ1v) is 8.26. The molecule has 0 atom stereocenters. The highest BCUT2D eigenvalue weighted by Crippen LogP contribution is 2.06. The van der Waals surface area contributed by atoms with Crippen LogP contribution < -0.4 is 4.72 Å². The van der Waals surface area contributed by atoms with Gasteiger partial charge in [-0.2, -0.15) is 5.26 Å². The van der Waals surface area contributed by atoms with Gasteiger partial charge in [-0.1, -0.05) is 25.5 Å². The number of ether oxygens (including phenoxy) is 1. The average Bonchev–Trinajstić information content (AvgIpc) is 2.43. The molecule has 1 N–H and O–H groups in total. The lowest BCUT2D eigenvalue weighted by molar-refractivity contribution is 0.136. The summed E-state index contributed by atoms with van der Waals surface area (Å²) in [6.45, 7) is 3.40. The summed E-state index contributed by atoms with van der Waals surface area (Å²) >= 11 is 0. The van der Waals surface area contributed by atoms with Gasteiger partial charge in [-0.3, -0.25) is 0 Å². The smallest absolute Gasteiger partial charge is 0.215 e. The van der Waals surface area contributed by atoms with E-state index in [1.807, 2.05) is 6.07 Å². The molecule has 0 aliphatic carbocycles. The predicted octanol–water partition coefficient (Wildman–Crippen LogP) is 1.79. The molecule has 0 saturated carbocycles. The van der Waals surface area contributed by atoms with Crippen molar-refractivity contribution in [2.24, 2.45) is 0 Å². The zero-order valence-corrected chi connectivity index (χ0v) is 12.4. The van der Waals surface area contributed by atoms with Crippen LogP contribution in [0.3, 0.4) is 0 Å². The average molecular weight is 296 g/mol. The number of benzene rings is 1. The molecule has 0 unspecified atom stereocenters. The van der Waals surface area contributed by atoms with Gasteiger partial charge >= 0.3 is 0 Å². The Labute approximate surface area is 120 Å². The van der Waals surface area contributed by atoms with Gasteiger partial charge in [-0.15, -0.1) is 0 Å². The summed E-state index contributed by atoms with van der Waals surface area (Å²) in [6, 6.07) is 8.51. The first kappa shape index (κ1) is 16.6. The van der Waals surface area contributed by atoms with Crippen molar-refractivity contribution in [1.82, 2.24) is 4.72 Å². The van der Waals surface area contributed by atoms with E-state index in [1.165, 1.54) is 0 Å². The zero-order valence-electron chi connectivity index (χ0n) is 11.6. The lowest BCUT2D eigenvalue weighted by Crippen LogP contribution is -2.28. The maximum atomic E-state index is 11.8. The molecule has 6 heteroatoms. The Morgan fingerprint density at radius 2 is 1.95 bits per heavy atom. The third kappa shape index (κ3) is 6.66. The standard InChI is InChI=1S/C14H20N2O3S/c1-2-3-9-19-10-8-16-20(17,18)12-14-6-4-13(11-15)5-7-14/h4-7,16H,2-3,8-10,12H2,1H3. The van der Waals surface area contributed by atoms with Crippen LogP contribution in [0.25, 0.3) is 0 Å². The number of rotatable bonds is 9. The van der Waals surface area contributed by atoms with Crippen LogP contribution in [0.15, 0.2) is 24.3 Å². The van der Waals surface area contributed by atoms with Crippen LogP contribution in [0.5, 0.6) is 0 Å². The summed E-state index contributed by atoms with van der Waals surface area (Å²) in [4.78, 5) is 0. The van der Waals surface area contributed by atoms with E-state index < -0.39 is 10.0 Å². The maximum Gasteiger partial charge on any atom is 0.215 e. The van der Waals surface area contributed by atoms with Gasteiger partial charge in [-0.25, -0.2) is 13.1 Å². The molecule has 0 aromatic heterocycles. The topological polar surface area (TPSA) is 79.2 Å². The van der Waals surface area contributed by atoms with Gasteiger partial charge in [-0.05, 0) is 24.1 Å². The van der Waals surface area contributed by atoms with Crippen LogP contribution >= 0.6 is 0 Å². The number of nitrogens with zero attached hydrogens (tertiary/aromatic N) is 1. The molecule has 0 saturated heterocycles. The molecule has 0 fully saturated rings. The van der Waals surface area contributed by atoms with Crippen molar-refractivity contribution in [3.63, 3.8) is 0 Å². The second kappa shape index (κ2) is 8.69. The minimum atomic E-state index is -3.36. The van der Waals surface area contributed by atoms with Gasteiger partial charge in [0.05, 0.1) is 24.0 Å². The van der Waals surface area contributed by atoms with Crippen molar-refractivity contribution in [3.05, 3.63) is 35.4 Å². The fourth-order valence-corrected chi connectivity index (χ4v) is 2.69. The van der Waals surface area contributed by atoms with Gasteiger partial charge in [0.2, 0.25) is 10.0 Å². The van der Waals surface area contributed by atoms with E-state index in [1.54, 1.807) is 24.3 Å². The highest BCUT2D eigenvalue weighted by molar-refractivity contribution is 7.88. The summed E-state index contributed by atoms with van der Waals surface area (Å²) in [6.07, 6.45) is 2.04. The van der Waals surface area contributed by atoms with E-state index in [2.05, 4.69) is 11.6 Å². The molecule has 0 radical (unpaired) electrons. The van der Waals surface area contributed by atoms with E-state index in [0.29, 0.717) is 24.3 Å². The van der Waals surface area contributed by atoms with E-state index >= 15 is 0 Å². The van der Waals surface area contributed by atoms with Crippen molar-refractivity contribution < 1.29 is 13.2 Å². The van der Waals surface area contributed by atoms with Crippen LogP contribution in [0.4, 0.5) is 0 Å². The fraction of sp³-hybridized carbons (Fsp3) is 0.500. The van der Waals surface area contributed by atoms with Crippen LogP contribution in [0.2, 0.25) is 0 Å². The van der Waals surface area contributed by atoms with Crippen molar-refractivity contribution in [3.8, 4) is 6.07 Å². The van der Waals surface area contributed by atoms with Crippen LogP contribution in [-0.4, -0.2) is 28.2 Å². The Bertz CT molecular complexity index is 533. The lowest BCUT2D eigenvalue weighted by atomic mass is 10.2. The maximum absolute atomic E-state index is 11.8. The molecule has 1 aromatic carbocycles. The van der Waals surface area contributed by atoms with Crippen LogP contribution in [0, 0.1) is 11.3 Å². The van der Waals surface area contributed by atoms with Crippen molar-refractivity contribution in [1.29, 1.82) is 5.26 Å². The third-order valence-electron chi connectivity index (χ3n) is 2.65. The molecule has 110 valence electrons. The first-order chi connectivity index (χ1) is 9.57. The fourth-order valence-electron chi connectivity index (χ4n) is 1.56. The van der Waals surface area contributed by atoms with Gasteiger partial charge in [0.1, 0.15) is 0 Å². The van der Waals surface area contributed by atoms with Gasteiger partial charge in [0.25, 0.3) is 0 Å². The van der Waals surface area contributed by atoms with Gasteiger partial charge in [0, 0.05) is 13.2 Å². The number of unbranched alkanes of at least 4 members (excludes halogenated alkanes) is 1. The molecule has 1 rings (SSSR count). The lowest BCUT2D eigenvalue weighted by Gasteiger charge is -2.07. The predicted molar refractivity (Wildman–Crippen MR) is 77.5 cm³/mol. The Morgan fingerprint density at radius 3 is 2.55 bits per heavy atom. The molecule has 1 aromatic rings. The Hall–Kier alpha value is -1.42. The van der Waals surface area contributed by atoms with E-state index in [-0.39, 0.29) is 12.3 Å². The largest absolute Gasteiger partial charge is 0.380 e. The molecule has 0 spiro atoms. The minimum Gasteiger partial charge on any atom is -0.380 e. The number of hydrogen-bond acceptors (Lipinski definition) is 4. The van der Waals surface area contributed by atoms with E-state index in [9.17, 15) is 8.42 Å². The Kier molecular flexibility index (Phi) is 7.23. The molecule has 0 amide bonds. The normalized spacial score (nSPS) is 11.2. The van der Waals surface area contributed by atoms with Crippen LogP contribution in [0.1, 0.15) is 30.9 Å². The summed E-state index contributed by atoms with van der Waals surface area (Å²) in [5.41, 5.74) is 1.17. The van der Waals surface area contributed by atoms with E-state index in [4.69, 9.17) is 10.00 Å². The van der Waals surface area contributed by atoms with Gasteiger partial charge in [0.15, 0.2) is 0 Å². The zero-order chi connectivity index (χ0) is 14.8. The summed E-state index contributed by atoms with van der Waals surface area (Å²) in [5.74, 6) is -0.0896. The number of nitriles is 1. The third-order valence-corrected chi connectivity index (χ3v) is 4.01. The Balaban J connectivity index is 2.35. The molecular weight excluding hydrogens is 276 g/mol. The molecule has 0 aliphatic rings. The second-order valence-electron chi connectivity index (χ2n) is 4.43. The minimum absolute atomic E-state index is 0.0896. The van der Waals surface area contributed by atoms with Crippen LogP contribution in [-0.2, 0) is 20.5 Å². The monoisotopic (exact) mass is 296 g/mol. The first-order valence-electron chi connectivity index (χ1n) is 6.61. The number of hydrogen-bond donors (Lipinski definition) is 1. The van der Waals surface area contributed by atoms with Crippen molar-refractivity contribution >= 4 is 10.0 Å². The molecule has 20 heavy (non-hydrogen) atoms. The molecule has 0 heterocycles. The summed E-state index contributed by atoms with van der Waals surface area (Å²) < 4.78 is 31.4. The van der Waals surface area contributed by atoms with Crippen molar-refractivity contribution in [2.75, 3.05) is 19.8 Å². The number of nitrogens with one attached hydrogen (secondary N) is 1. The van der Waals surface area contributed by atoms with Gasteiger partial charge < -0.3 is 4.74 Å². The molecular formula is C14H20N2O3S. The highest BCUT2D eigenvalue weighted by Gasteiger charge is 2.10. The summed E-state index contributed by atoms with van der Waals surface area (Å²) in [7, 11) is -3.36. The SMILES string of the molecule is CCCCOCCNS(=O)(=O)Cc1ccc(C#N)cc1. The van der Waals surface area contributed by atoms with Crippen molar-refractivity contribution in [2.45, 2.75) is 25.5 Å². The van der Waals surface area contributed by atoms with E-state index in [0.717, 1.165) is 12.8 Å². The number of sulfonamides is 1.